The zero-order chi connectivity index (χ0) is 21.1. The second-order valence-electron chi connectivity index (χ2n) is 7.20. The van der Waals surface area contributed by atoms with Gasteiger partial charge in [-0.15, -0.1) is 5.10 Å². The van der Waals surface area contributed by atoms with Crippen LogP contribution in [0.3, 0.4) is 0 Å². The summed E-state index contributed by atoms with van der Waals surface area (Å²) in [6, 6.07) is 7.19. The number of carbonyl (C=O) groups is 1. The van der Waals surface area contributed by atoms with Crippen LogP contribution in [0, 0.1) is 5.92 Å². The number of aromatic nitrogens is 6. The first-order valence-electron chi connectivity index (χ1n) is 9.41. The average molecular weight is 426 g/mol. The van der Waals surface area contributed by atoms with Gasteiger partial charge < -0.3 is 10.1 Å². The summed E-state index contributed by atoms with van der Waals surface area (Å²) in [4.78, 5) is 20.4. The van der Waals surface area contributed by atoms with Crippen molar-refractivity contribution in [2.45, 2.75) is 20.3 Å². The number of rotatable bonds is 8. The number of anilines is 2. The molecule has 154 valence electrons. The molecule has 0 amide bonds. The lowest BCUT2D eigenvalue weighted by molar-refractivity contribution is -0.121. The normalized spacial score (nSPS) is 11.2. The van der Waals surface area contributed by atoms with E-state index in [9.17, 15) is 4.79 Å². The first-order valence-corrected chi connectivity index (χ1v) is 9.79. The number of pyridine rings is 1. The summed E-state index contributed by atoms with van der Waals surface area (Å²) < 4.78 is 5.44. The number of ketones is 1. The molecule has 9 nitrogen and oxygen atoms in total. The third kappa shape index (κ3) is 4.41. The van der Waals surface area contributed by atoms with Gasteiger partial charge in [0.05, 0.1) is 22.4 Å². The number of benzene rings is 1. The van der Waals surface area contributed by atoms with Crippen molar-refractivity contribution in [3.05, 3.63) is 41.7 Å². The van der Waals surface area contributed by atoms with Gasteiger partial charge in [0.15, 0.2) is 11.6 Å². The van der Waals surface area contributed by atoms with Crippen molar-refractivity contribution in [1.82, 2.24) is 30.4 Å². The number of hydrogen-bond acceptors (Lipinski definition) is 7. The molecule has 1 aromatic carbocycles. The Kier molecular flexibility index (Phi) is 5.62. The van der Waals surface area contributed by atoms with Gasteiger partial charge in [-0.3, -0.25) is 15.0 Å². The number of aromatic amines is 2. The second-order valence-corrected chi connectivity index (χ2v) is 7.58. The molecule has 30 heavy (non-hydrogen) atoms. The molecule has 3 heterocycles. The fraction of sp³-hybridized carbons (Fsp3) is 0.250. The largest absolute Gasteiger partial charge is 0.470 e. The highest BCUT2D eigenvalue weighted by molar-refractivity contribution is 6.38. The van der Waals surface area contributed by atoms with Crippen molar-refractivity contribution in [1.29, 1.82) is 0 Å². The van der Waals surface area contributed by atoms with E-state index in [-0.39, 0.29) is 12.4 Å². The Bertz CT molecular complexity index is 1170. The predicted octanol–water partition coefficient (Wildman–Crippen LogP) is 4.13. The summed E-state index contributed by atoms with van der Waals surface area (Å²) in [6.07, 6.45) is 3.76. The van der Waals surface area contributed by atoms with Gasteiger partial charge in [-0.05, 0) is 24.1 Å². The molecule has 4 rings (SSSR count). The number of carbonyl (C=O) groups excluding carboxylic acids is 1. The zero-order valence-electron chi connectivity index (χ0n) is 16.4. The number of ether oxygens (including phenoxy) is 1. The number of H-pyrrole nitrogens is 2. The summed E-state index contributed by atoms with van der Waals surface area (Å²) in [7, 11) is 0. The van der Waals surface area contributed by atoms with Crippen molar-refractivity contribution >= 4 is 39.9 Å². The molecule has 0 saturated carbocycles. The summed E-state index contributed by atoms with van der Waals surface area (Å²) in [6.45, 7) is 4.01. The topological polar surface area (TPSA) is 121 Å². The smallest absolute Gasteiger partial charge is 0.246 e. The van der Waals surface area contributed by atoms with Gasteiger partial charge in [0, 0.05) is 29.6 Å². The first-order chi connectivity index (χ1) is 14.5. The molecule has 3 N–H and O–H groups in total. The molecule has 0 aliphatic carbocycles. The number of hydrogen-bond donors (Lipinski definition) is 3. The van der Waals surface area contributed by atoms with Gasteiger partial charge in [-0.25, -0.2) is 4.98 Å². The molecule has 0 spiro atoms. The summed E-state index contributed by atoms with van der Waals surface area (Å²) in [5, 5.41) is 18.3. The van der Waals surface area contributed by atoms with Crippen LogP contribution in [0.1, 0.15) is 20.3 Å². The fourth-order valence-corrected chi connectivity index (χ4v) is 3.18. The van der Waals surface area contributed by atoms with Crippen LogP contribution in [-0.2, 0) is 4.79 Å². The van der Waals surface area contributed by atoms with Crippen LogP contribution in [0.5, 0.6) is 5.88 Å². The van der Waals surface area contributed by atoms with Gasteiger partial charge in [0.2, 0.25) is 11.8 Å². The van der Waals surface area contributed by atoms with Crippen molar-refractivity contribution in [3.8, 4) is 17.3 Å². The maximum absolute atomic E-state index is 11.8. The Labute approximate surface area is 177 Å². The Hall–Kier alpha value is -3.46. The minimum Gasteiger partial charge on any atom is -0.470 e. The third-order valence-electron chi connectivity index (χ3n) is 4.32. The van der Waals surface area contributed by atoms with E-state index in [1.54, 1.807) is 24.5 Å². The van der Waals surface area contributed by atoms with E-state index < -0.39 is 0 Å². The SMILES string of the molecule is CC(C)CC(=O)COc1ccc(-c2nc(Nc3ccc4[nH]ncc4c3Cl)n[nH]2)cn1. The van der Waals surface area contributed by atoms with Crippen LogP contribution in [0.15, 0.2) is 36.7 Å². The van der Waals surface area contributed by atoms with Crippen molar-refractivity contribution in [3.63, 3.8) is 0 Å². The molecule has 0 saturated heterocycles. The summed E-state index contributed by atoms with van der Waals surface area (Å²) in [5.41, 5.74) is 2.25. The number of halogens is 1. The lowest BCUT2D eigenvalue weighted by atomic mass is 10.1. The molecule has 0 radical (unpaired) electrons. The third-order valence-corrected chi connectivity index (χ3v) is 4.72. The molecule has 0 unspecified atom stereocenters. The molecule has 0 bridgehead atoms. The maximum Gasteiger partial charge on any atom is 0.246 e. The van der Waals surface area contributed by atoms with Crippen LogP contribution >= 0.6 is 11.6 Å². The number of fused-ring (bicyclic) bond motifs is 1. The Morgan fingerprint density at radius 3 is 2.83 bits per heavy atom. The van der Waals surface area contributed by atoms with E-state index >= 15 is 0 Å². The Morgan fingerprint density at radius 1 is 1.20 bits per heavy atom. The van der Waals surface area contributed by atoms with Crippen LogP contribution in [0.25, 0.3) is 22.3 Å². The van der Waals surface area contributed by atoms with Crippen LogP contribution in [0.2, 0.25) is 5.02 Å². The van der Waals surface area contributed by atoms with Gasteiger partial charge in [0.1, 0.15) is 6.61 Å². The Balaban J connectivity index is 1.42. The van der Waals surface area contributed by atoms with E-state index in [2.05, 4.69) is 35.7 Å². The minimum absolute atomic E-state index is 0.0165. The van der Waals surface area contributed by atoms with Gasteiger partial charge >= 0.3 is 0 Å². The van der Waals surface area contributed by atoms with Crippen molar-refractivity contribution < 1.29 is 9.53 Å². The molecule has 4 aromatic rings. The highest BCUT2D eigenvalue weighted by Crippen LogP contribution is 2.31. The summed E-state index contributed by atoms with van der Waals surface area (Å²) >= 11 is 6.42. The highest BCUT2D eigenvalue weighted by Gasteiger charge is 2.12. The monoisotopic (exact) mass is 425 g/mol. The second kappa shape index (κ2) is 8.50. The van der Waals surface area contributed by atoms with E-state index in [0.29, 0.717) is 40.7 Å². The average Bonchev–Trinajstić information content (AvgIpc) is 3.38. The molecule has 10 heteroatoms. The number of Topliss-reactive ketones (excluding diaryl/α,β-unsaturated/α-hetero) is 1. The molecule has 0 fully saturated rings. The lowest BCUT2D eigenvalue weighted by Crippen LogP contribution is -2.13. The molecular weight excluding hydrogens is 406 g/mol. The molecular formula is C20H20ClN7O2. The van der Waals surface area contributed by atoms with Crippen LogP contribution < -0.4 is 10.1 Å². The zero-order valence-corrected chi connectivity index (χ0v) is 17.2. The van der Waals surface area contributed by atoms with Gasteiger partial charge in [-0.2, -0.15) is 10.1 Å². The van der Waals surface area contributed by atoms with Crippen molar-refractivity contribution in [2.75, 3.05) is 11.9 Å². The standard InChI is InChI=1S/C20H20ClN7O2/c1-11(2)7-13(29)10-30-17-6-3-12(8-22-17)19-25-20(28-27-19)24-16-5-4-15-14(18(16)21)9-23-26-15/h3-6,8-9,11H,7,10H2,1-2H3,(H,23,26)(H2,24,25,27,28). The van der Waals surface area contributed by atoms with E-state index in [4.69, 9.17) is 16.3 Å². The molecule has 0 atom stereocenters. The summed E-state index contributed by atoms with van der Waals surface area (Å²) in [5.74, 6) is 1.65. The lowest BCUT2D eigenvalue weighted by Gasteiger charge is -2.06. The molecule has 3 aromatic heterocycles. The van der Waals surface area contributed by atoms with Crippen molar-refractivity contribution in [2.24, 2.45) is 5.92 Å². The fourth-order valence-electron chi connectivity index (χ4n) is 2.92. The predicted molar refractivity (Wildman–Crippen MR) is 114 cm³/mol. The molecule has 0 aliphatic heterocycles. The minimum atomic E-state index is 0.0165. The van der Waals surface area contributed by atoms with E-state index in [1.807, 2.05) is 26.0 Å². The van der Waals surface area contributed by atoms with Crippen LogP contribution in [-0.4, -0.2) is 42.8 Å². The number of nitrogens with zero attached hydrogens (tertiary/aromatic N) is 4. The molecule has 0 aliphatic rings. The Morgan fingerprint density at radius 2 is 2.07 bits per heavy atom. The first kappa shape index (κ1) is 19.8. The number of nitrogens with one attached hydrogen (secondary N) is 3. The van der Waals surface area contributed by atoms with Gasteiger partial charge in [0.25, 0.3) is 0 Å². The van der Waals surface area contributed by atoms with E-state index in [1.165, 1.54) is 0 Å². The van der Waals surface area contributed by atoms with Crippen LogP contribution in [0.4, 0.5) is 11.6 Å². The highest BCUT2D eigenvalue weighted by atomic mass is 35.5. The van der Waals surface area contributed by atoms with Gasteiger partial charge in [-0.1, -0.05) is 25.4 Å². The maximum atomic E-state index is 11.8. The quantitative estimate of drug-likeness (QED) is 0.388. The van der Waals surface area contributed by atoms with E-state index in [0.717, 1.165) is 16.5 Å².